The van der Waals surface area contributed by atoms with Gasteiger partial charge in [0.15, 0.2) is 6.04 Å². The molecule has 0 unspecified atom stereocenters. The van der Waals surface area contributed by atoms with Crippen LogP contribution >= 0.6 is 0 Å². The summed E-state index contributed by atoms with van der Waals surface area (Å²) in [5.41, 5.74) is 0. The Balaban J connectivity index is 1.72. The zero-order valence-electron chi connectivity index (χ0n) is 12.3. The van der Waals surface area contributed by atoms with Crippen LogP contribution < -0.4 is 5.32 Å². The van der Waals surface area contributed by atoms with Crippen molar-refractivity contribution in [1.82, 2.24) is 15.1 Å². The molecule has 7 nitrogen and oxygen atoms in total. The van der Waals surface area contributed by atoms with Gasteiger partial charge in [0.25, 0.3) is 0 Å². The summed E-state index contributed by atoms with van der Waals surface area (Å²) >= 11 is 0. The average molecular weight is 299 g/mol. The number of amides is 2. The molecular formula is C14H25N3O4. The van der Waals surface area contributed by atoms with E-state index in [0.29, 0.717) is 19.0 Å². The number of urea groups is 1. The van der Waals surface area contributed by atoms with E-state index in [9.17, 15) is 9.59 Å². The number of aliphatic hydroxyl groups is 1. The van der Waals surface area contributed by atoms with Gasteiger partial charge in [0, 0.05) is 19.6 Å². The van der Waals surface area contributed by atoms with Crippen molar-refractivity contribution in [2.24, 2.45) is 5.92 Å². The first-order chi connectivity index (χ1) is 10.1. The van der Waals surface area contributed by atoms with Gasteiger partial charge < -0.3 is 25.3 Å². The third kappa shape index (κ3) is 4.57. The first-order valence-corrected chi connectivity index (χ1v) is 7.71. The number of nitrogens with one attached hydrogen (secondary N) is 1. The van der Waals surface area contributed by atoms with Gasteiger partial charge in [0.2, 0.25) is 0 Å². The number of carboxylic acid groups (broad SMARTS) is 1. The van der Waals surface area contributed by atoms with Crippen LogP contribution in [0.3, 0.4) is 0 Å². The molecule has 7 heteroatoms. The molecule has 2 aliphatic heterocycles. The van der Waals surface area contributed by atoms with E-state index in [-0.39, 0.29) is 0 Å². The van der Waals surface area contributed by atoms with Gasteiger partial charge in [0.1, 0.15) is 0 Å². The molecule has 0 aromatic heterocycles. The van der Waals surface area contributed by atoms with E-state index < -0.39 is 24.6 Å². The summed E-state index contributed by atoms with van der Waals surface area (Å²) in [6.07, 6.45) is 4.50. The Morgan fingerprint density at radius 1 is 1.14 bits per heavy atom. The van der Waals surface area contributed by atoms with Crippen molar-refractivity contribution in [3.63, 3.8) is 0 Å². The molecule has 0 aromatic rings. The lowest BCUT2D eigenvalue weighted by Gasteiger charge is -2.34. The predicted molar refractivity (Wildman–Crippen MR) is 77.0 cm³/mol. The van der Waals surface area contributed by atoms with Gasteiger partial charge in [-0.1, -0.05) is 0 Å². The summed E-state index contributed by atoms with van der Waals surface area (Å²) in [6, 6.07) is -1.61. The topological polar surface area (TPSA) is 93.1 Å². The molecule has 2 saturated heterocycles. The number of piperidine rings is 1. The summed E-state index contributed by atoms with van der Waals surface area (Å²) in [5.74, 6) is -0.588. The number of carboxylic acids is 1. The van der Waals surface area contributed by atoms with E-state index in [1.807, 2.05) is 0 Å². The molecule has 0 aromatic carbocycles. The Labute approximate surface area is 124 Å². The van der Waals surface area contributed by atoms with Crippen LogP contribution in [0.4, 0.5) is 4.79 Å². The van der Waals surface area contributed by atoms with Crippen LogP contribution in [0.2, 0.25) is 0 Å². The molecule has 3 N–H and O–H groups in total. The van der Waals surface area contributed by atoms with Gasteiger partial charge in [-0.05, 0) is 44.7 Å². The molecule has 0 spiro atoms. The maximum absolute atomic E-state index is 12.0. The number of hydrogen-bond donors (Lipinski definition) is 3. The lowest BCUT2D eigenvalue weighted by molar-refractivity contribution is -0.140. The van der Waals surface area contributed by atoms with Gasteiger partial charge >= 0.3 is 12.0 Å². The fourth-order valence-electron chi connectivity index (χ4n) is 3.07. The summed E-state index contributed by atoms with van der Waals surface area (Å²) in [6.45, 7) is 4.22. The standard InChI is InChI=1S/C14H25N3O4/c18-10-12(13(19)20)15-14(21)17-7-3-11(4-8-17)9-16-5-1-2-6-16/h11-12,18H,1-10H2,(H,15,21)(H,19,20)/t12-/m1/s1. The van der Waals surface area contributed by atoms with E-state index in [4.69, 9.17) is 10.2 Å². The highest BCUT2D eigenvalue weighted by molar-refractivity contribution is 5.82. The highest BCUT2D eigenvalue weighted by Crippen LogP contribution is 2.20. The maximum Gasteiger partial charge on any atom is 0.328 e. The summed E-state index contributed by atoms with van der Waals surface area (Å²) < 4.78 is 0. The Morgan fingerprint density at radius 2 is 1.76 bits per heavy atom. The number of likely N-dealkylation sites (tertiary alicyclic amines) is 2. The number of carbonyl (C=O) groups is 2. The van der Waals surface area contributed by atoms with Gasteiger partial charge in [-0.2, -0.15) is 0 Å². The minimum atomic E-state index is -1.22. The smallest absolute Gasteiger partial charge is 0.328 e. The zero-order valence-corrected chi connectivity index (χ0v) is 12.3. The second kappa shape index (κ2) is 7.61. The molecule has 2 amide bonds. The minimum absolute atomic E-state index is 0.393. The van der Waals surface area contributed by atoms with Crippen LogP contribution in [0.1, 0.15) is 25.7 Å². The molecule has 0 aliphatic carbocycles. The SMILES string of the molecule is O=C(O)[C@@H](CO)NC(=O)N1CCC(CN2CCCC2)CC1. The number of hydrogen-bond acceptors (Lipinski definition) is 4. The first-order valence-electron chi connectivity index (χ1n) is 7.71. The molecule has 2 heterocycles. The number of aliphatic hydroxyl groups excluding tert-OH is 1. The van der Waals surface area contributed by atoms with Crippen molar-refractivity contribution in [3.8, 4) is 0 Å². The van der Waals surface area contributed by atoms with E-state index in [1.165, 1.54) is 25.9 Å². The second-order valence-electron chi connectivity index (χ2n) is 5.96. The van der Waals surface area contributed by atoms with Crippen molar-refractivity contribution in [3.05, 3.63) is 0 Å². The van der Waals surface area contributed by atoms with E-state index in [1.54, 1.807) is 4.90 Å². The van der Waals surface area contributed by atoms with Crippen LogP contribution in [0.25, 0.3) is 0 Å². The number of carbonyl (C=O) groups excluding carboxylic acids is 1. The van der Waals surface area contributed by atoms with E-state index in [0.717, 1.165) is 19.4 Å². The molecular weight excluding hydrogens is 274 g/mol. The number of aliphatic carboxylic acids is 1. The van der Waals surface area contributed by atoms with Crippen molar-refractivity contribution in [1.29, 1.82) is 0 Å². The second-order valence-corrected chi connectivity index (χ2v) is 5.96. The summed E-state index contributed by atoms with van der Waals surface area (Å²) in [5, 5.41) is 20.1. The monoisotopic (exact) mass is 299 g/mol. The minimum Gasteiger partial charge on any atom is -0.480 e. The molecule has 0 saturated carbocycles. The molecule has 0 bridgehead atoms. The Kier molecular flexibility index (Phi) is 5.81. The Hall–Kier alpha value is -1.34. The lowest BCUT2D eigenvalue weighted by Crippen LogP contribution is -2.51. The van der Waals surface area contributed by atoms with Crippen LogP contribution in [0.15, 0.2) is 0 Å². The fourth-order valence-corrected chi connectivity index (χ4v) is 3.07. The Morgan fingerprint density at radius 3 is 2.29 bits per heavy atom. The van der Waals surface area contributed by atoms with Gasteiger partial charge in [-0.15, -0.1) is 0 Å². The molecule has 1 atom stereocenters. The van der Waals surface area contributed by atoms with Crippen molar-refractivity contribution in [2.75, 3.05) is 39.3 Å². The van der Waals surface area contributed by atoms with Crippen LogP contribution in [0.5, 0.6) is 0 Å². The molecule has 2 aliphatic rings. The highest BCUT2D eigenvalue weighted by Gasteiger charge is 2.27. The van der Waals surface area contributed by atoms with Gasteiger partial charge in [0.05, 0.1) is 6.61 Å². The van der Waals surface area contributed by atoms with Crippen LogP contribution in [0, 0.1) is 5.92 Å². The molecule has 2 rings (SSSR count). The van der Waals surface area contributed by atoms with E-state index in [2.05, 4.69) is 10.2 Å². The molecule has 120 valence electrons. The van der Waals surface area contributed by atoms with Crippen LogP contribution in [-0.4, -0.2) is 77.4 Å². The van der Waals surface area contributed by atoms with Crippen molar-refractivity contribution < 1.29 is 19.8 Å². The first kappa shape index (κ1) is 16.0. The predicted octanol–water partition coefficient (Wildman–Crippen LogP) is -0.0507. The number of nitrogens with zero attached hydrogens (tertiary/aromatic N) is 2. The van der Waals surface area contributed by atoms with Crippen LogP contribution in [-0.2, 0) is 4.79 Å². The quantitative estimate of drug-likeness (QED) is 0.662. The third-order valence-corrected chi connectivity index (χ3v) is 4.40. The average Bonchev–Trinajstić information content (AvgIpc) is 2.98. The van der Waals surface area contributed by atoms with Crippen molar-refractivity contribution >= 4 is 12.0 Å². The maximum atomic E-state index is 12.0. The largest absolute Gasteiger partial charge is 0.480 e. The summed E-state index contributed by atoms with van der Waals surface area (Å²) in [4.78, 5) is 26.9. The van der Waals surface area contributed by atoms with E-state index >= 15 is 0 Å². The fraction of sp³-hybridized carbons (Fsp3) is 0.857. The molecule has 0 radical (unpaired) electrons. The lowest BCUT2D eigenvalue weighted by atomic mass is 9.96. The van der Waals surface area contributed by atoms with Gasteiger partial charge in [-0.3, -0.25) is 0 Å². The highest BCUT2D eigenvalue weighted by atomic mass is 16.4. The van der Waals surface area contributed by atoms with Gasteiger partial charge in [-0.25, -0.2) is 9.59 Å². The number of rotatable bonds is 5. The zero-order chi connectivity index (χ0) is 15.2. The molecule has 2 fully saturated rings. The third-order valence-electron chi connectivity index (χ3n) is 4.40. The molecule has 21 heavy (non-hydrogen) atoms. The Bertz CT molecular complexity index is 363. The normalized spacial score (nSPS) is 22.2. The van der Waals surface area contributed by atoms with Crippen molar-refractivity contribution in [2.45, 2.75) is 31.7 Å². The summed E-state index contributed by atoms with van der Waals surface area (Å²) in [7, 11) is 0.